The van der Waals surface area contributed by atoms with Gasteiger partial charge in [0.05, 0.1) is 11.5 Å². The fraction of sp³-hybridized carbons (Fsp3) is 0.500. The van der Waals surface area contributed by atoms with Crippen LogP contribution in [0.1, 0.15) is 13.3 Å². The van der Waals surface area contributed by atoms with Crippen molar-refractivity contribution in [1.82, 2.24) is 0 Å². The van der Waals surface area contributed by atoms with Gasteiger partial charge in [-0.3, -0.25) is 10.1 Å². The van der Waals surface area contributed by atoms with E-state index in [1.54, 1.807) is 6.07 Å². The van der Waals surface area contributed by atoms with Gasteiger partial charge >= 0.3 is 0 Å². The first-order chi connectivity index (χ1) is 8.56. The van der Waals surface area contributed by atoms with Crippen LogP contribution in [0.5, 0.6) is 0 Å². The molecule has 2 rings (SSSR count). The smallest absolute Gasteiger partial charge is 0.273 e. The Hall–Kier alpha value is -1.82. The minimum absolute atomic E-state index is 0.00683. The van der Waals surface area contributed by atoms with Crippen molar-refractivity contribution in [2.45, 2.75) is 19.4 Å². The molecule has 0 amide bonds. The number of hydrogen-bond acceptors (Lipinski definition) is 5. The predicted octanol–water partition coefficient (Wildman–Crippen LogP) is 2.01. The van der Waals surface area contributed by atoms with E-state index >= 15 is 0 Å². The van der Waals surface area contributed by atoms with Crippen LogP contribution in [0.3, 0.4) is 0 Å². The van der Waals surface area contributed by atoms with Gasteiger partial charge in [0.1, 0.15) is 0 Å². The standard InChI is InChI=1S/C12H17N3O3/c1-8(9-2-3-18-7-9)14-11-4-10(13)5-12(6-11)15(16)17/h4-6,8-9,14H,2-3,7,13H2,1H3. The van der Waals surface area contributed by atoms with Gasteiger partial charge in [-0.25, -0.2) is 0 Å². The second-order valence-corrected chi connectivity index (χ2v) is 4.63. The molecule has 1 aliphatic rings. The van der Waals surface area contributed by atoms with E-state index in [0.717, 1.165) is 19.6 Å². The van der Waals surface area contributed by atoms with Gasteiger partial charge in [-0.2, -0.15) is 0 Å². The summed E-state index contributed by atoms with van der Waals surface area (Å²) in [4.78, 5) is 10.3. The number of ether oxygens (including phenoxy) is 1. The molecule has 98 valence electrons. The first kappa shape index (κ1) is 12.6. The summed E-state index contributed by atoms with van der Waals surface area (Å²) in [6.45, 7) is 3.57. The molecule has 1 aromatic carbocycles. The zero-order valence-corrected chi connectivity index (χ0v) is 10.3. The molecule has 2 atom stereocenters. The average Bonchev–Trinajstić information content (AvgIpc) is 2.81. The molecular formula is C12H17N3O3. The molecule has 6 nitrogen and oxygen atoms in total. The van der Waals surface area contributed by atoms with Gasteiger partial charge in [0.25, 0.3) is 5.69 Å². The van der Waals surface area contributed by atoms with Gasteiger partial charge in [0.15, 0.2) is 0 Å². The lowest BCUT2D eigenvalue weighted by atomic mass is 10.0. The minimum Gasteiger partial charge on any atom is -0.398 e. The molecule has 0 bridgehead atoms. The fourth-order valence-corrected chi connectivity index (χ4v) is 2.15. The molecule has 1 aromatic rings. The van der Waals surface area contributed by atoms with E-state index in [1.807, 2.05) is 6.92 Å². The Balaban J connectivity index is 2.10. The summed E-state index contributed by atoms with van der Waals surface area (Å²) in [5.41, 5.74) is 6.74. The summed E-state index contributed by atoms with van der Waals surface area (Å²) in [5.74, 6) is 0.436. The highest BCUT2D eigenvalue weighted by Crippen LogP contribution is 2.25. The summed E-state index contributed by atoms with van der Waals surface area (Å²) in [6.07, 6.45) is 1.01. The Labute approximate surface area is 105 Å². The predicted molar refractivity (Wildman–Crippen MR) is 69.5 cm³/mol. The van der Waals surface area contributed by atoms with Crippen LogP contribution in [0.4, 0.5) is 17.1 Å². The first-order valence-corrected chi connectivity index (χ1v) is 5.95. The maximum atomic E-state index is 10.7. The van der Waals surface area contributed by atoms with Gasteiger partial charge in [-0.1, -0.05) is 0 Å². The normalized spacial score (nSPS) is 20.6. The second-order valence-electron chi connectivity index (χ2n) is 4.63. The summed E-state index contributed by atoms with van der Waals surface area (Å²) in [7, 11) is 0. The molecule has 0 saturated carbocycles. The highest BCUT2D eigenvalue weighted by molar-refractivity contribution is 5.61. The van der Waals surface area contributed by atoms with Crippen LogP contribution in [0.25, 0.3) is 0 Å². The second kappa shape index (κ2) is 5.22. The number of anilines is 2. The topological polar surface area (TPSA) is 90.4 Å². The van der Waals surface area contributed by atoms with Crippen molar-refractivity contribution in [3.8, 4) is 0 Å². The molecule has 0 aromatic heterocycles. The number of nitrogens with two attached hydrogens (primary N) is 1. The Morgan fingerprint density at radius 1 is 1.56 bits per heavy atom. The number of hydrogen-bond donors (Lipinski definition) is 2. The molecule has 1 fully saturated rings. The molecule has 0 spiro atoms. The fourth-order valence-electron chi connectivity index (χ4n) is 2.15. The molecule has 2 unspecified atom stereocenters. The molecule has 1 saturated heterocycles. The van der Waals surface area contributed by atoms with Gasteiger partial charge in [-0.15, -0.1) is 0 Å². The summed E-state index contributed by atoms with van der Waals surface area (Å²) >= 11 is 0. The van der Waals surface area contributed by atoms with Gasteiger partial charge in [0, 0.05) is 42.1 Å². The summed E-state index contributed by atoms with van der Waals surface area (Å²) in [6, 6.07) is 4.77. The molecule has 1 heterocycles. The average molecular weight is 251 g/mol. The van der Waals surface area contributed by atoms with Crippen molar-refractivity contribution in [3.63, 3.8) is 0 Å². The van der Waals surface area contributed by atoms with Crippen LogP contribution in [0.15, 0.2) is 18.2 Å². The van der Waals surface area contributed by atoms with Crippen molar-refractivity contribution in [2.75, 3.05) is 24.3 Å². The number of benzene rings is 1. The Bertz CT molecular complexity index is 444. The lowest BCUT2D eigenvalue weighted by molar-refractivity contribution is -0.384. The van der Waals surface area contributed by atoms with Gasteiger partial charge < -0.3 is 15.8 Å². The number of rotatable bonds is 4. The number of nitrogens with zero attached hydrogens (tertiary/aromatic N) is 1. The van der Waals surface area contributed by atoms with E-state index in [1.165, 1.54) is 12.1 Å². The number of nitro benzene ring substituents is 1. The van der Waals surface area contributed by atoms with E-state index in [4.69, 9.17) is 10.5 Å². The molecular weight excluding hydrogens is 234 g/mol. The molecule has 6 heteroatoms. The quantitative estimate of drug-likeness (QED) is 0.485. The number of nitro groups is 1. The van der Waals surface area contributed by atoms with Crippen LogP contribution in [-0.2, 0) is 4.74 Å². The van der Waals surface area contributed by atoms with Gasteiger partial charge in [0.2, 0.25) is 0 Å². The summed E-state index contributed by atoms with van der Waals surface area (Å²) in [5, 5.41) is 14.0. The van der Waals surface area contributed by atoms with E-state index in [-0.39, 0.29) is 11.7 Å². The minimum atomic E-state index is -0.440. The third-order valence-electron chi connectivity index (χ3n) is 3.22. The van der Waals surface area contributed by atoms with Crippen LogP contribution >= 0.6 is 0 Å². The van der Waals surface area contributed by atoms with Crippen LogP contribution in [0, 0.1) is 16.0 Å². The maximum Gasteiger partial charge on any atom is 0.273 e. The van der Waals surface area contributed by atoms with Crippen LogP contribution in [-0.4, -0.2) is 24.2 Å². The van der Waals surface area contributed by atoms with E-state index in [9.17, 15) is 10.1 Å². The first-order valence-electron chi connectivity index (χ1n) is 5.95. The zero-order valence-electron chi connectivity index (χ0n) is 10.3. The number of non-ortho nitro benzene ring substituents is 1. The lowest BCUT2D eigenvalue weighted by Crippen LogP contribution is -2.26. The van der Waals surface area contributed by atoms with E-state index in [2.05, 4.69) is 5.32 Å². The Morgan fingerprint density at radius 3 is 2.94 bits per heavy atom. The molecule has 0 radical (unpaired) electrons. The molecule has 18 heavy (non-hydrogen) atoms. The molecule has 3 N–H and O–H groups in total. The highest BCUT2D eigenvalue weighted by Gasteiger charge is 2.22. The number of nitrogen functional groups attached to an aromatic ring is 1. The van der Waals surface area contributed by atoms with Crippen LogP contribution < -0.4 is 11.1 Å². The molecule has 1 aliphatic heterocycles. The zero-order chi connectivity index (χ0) is 13.1. The van der Waals surface area contributed by atoms with Crippen molar-refractivity contribution >= 4 is 17.1 Å². The SMILES string of the molecule is CC(Nc1cc(N)cc([N+](=O)[O-])c1)C1CCOC1. The lowest BCUT2D eigenvalue weighted by Gasteiger charge is -2.20. The van der Waals surface area contributed by atoms with Crippen LogP contribution in [0.2, 0.25) is 0 Å². The Morgan fingerprint density at radius 2 is 2.33 bits per heavy atom. The largest absolute Gasteiger partial charge is 0.398 e. The monoisotopic (exact) mass is 251 g/mol. The number of nitrogens with one attached hydrogen (secondary N) is 1. The summed E-state index contributed by atoms with van der Waals surface area (Å²) < 4.78 is 5.33. The van der Waals surface area contributed by atoms with Crippen molar-refractivity contribution in [3.05, 3.63) is 28.3 Å². The van der Waals surface area contributed by atoms with E-state index in [0.29, 0.717) is 17.3 Å². The molecule has 0 aliphatic carbocycles. The Kier molecular flexibility index (Phi) is 3.66. The van der Waals surface area contributed by atoms with Crippen molar-refractivity contribution in [2.24, 2.45) is 5.92 Å². The van der Waals surface area contributed by atoms with Gasteiger partial charge in [-0.05, 0) is 19.4 Å². The highest BCUT2D eigenvalue weighted by atomic mass is 16.6. The van der Waals surface area contributed by atoms with Crippen molar-refractivity contribution in [1.29, 1.82) is 0 Å². The third-order valence-corrected chi connectivity index (χ3v) is 3.22. The van der Waals surface area contributed by atoms with E-state index < -0.39 is 4.92 Å². The maximum absolute atomic E-state index is 10.7. The third kappa shape index (κ3) is 2.89. The van der Waals surface area contributed by atoms with Crippen molar-refractivity contribution < 1.29 is 9.66 Å².